The summed E-state index contributed by atoms with van der Waals surface area (Å²) >= 11 is 0. The average Bonchev–Trinajstić information content (AvgIpc) is 1.85. The Kier molecular flexibility index (Phi) is 4.11. The van der Waals surface area contributed by atoms with Gasteiger partial charge in [0.1, 0.15) is 0 Å². The number of aryl methyl sites for hydroxylation is 1. The lowest BCUT2D eigenvalue weighted by Crippen LogP contribution is -3.00. The molecule has 0 spiro atoms. The largest absolute Gasteiger partial charge is 1.00 e. The van der Waals surface area contributed by atoms with Crippen LogP contribution in [0.2, 0.25) is 0 Å². The maximum Gasteiger partial charge on any atom is -0.0225 e. The Labute approximate surface area is 79.8 Å². The van der Waals surface area contributed by atoms with Crippen LogP contribution >= 0.6 is 0 Å². The molecule has 0 aliphatic rings. The molecule has 2 heteroatoms. The van der Waals surface area contributed by atoms with Gasteiger partial charge in [0.2, 0.25) is 0 Å². The summed E-state index contributed by atoms with van der Waals surface area (Å²) in [6, 6.07) is 5.59. The van der Waals surface area contributed by atoms with Gasteiger partial charge in [-0.1, -0.05) is 43.2 Å². The van der Waals surface area contributed by atoms with Crippen LogP contribution in [0.25, 0.3) is 0 Å². The normalized spacial score (nSPS) is 9.67. The molecule has 1 aromatic carbocycles. The van der Waals surface area contributed by atoms with E-state index in [-0.39, 0.29) is 18.2 Å². The SMILES string of the molecule is Cc1ccc(C(C)C)c([O-])c1.[Cl-]. The van der Waals surface area contributed by atoms with E-state index in [1.54, 1.807) is 6.07 Å². The topological polar surface area (TPSA) is 23.1 Å². The van der Waals surface area contributed by atoms with Gasteiger partial charge in [-0.05, 0) is 12.8 Å². The Morgan fingerprint density at radius 2 is 1.83 bits per heavy atom. The molecule has 0 N–H and O–H groups in total. The third-order valence-electron chi connectivity index (χ3n) is 1.79. The summed E-state index contributed by atoms with van der Waals surface area (Å²) in [6.45, 7) is 6.00. The van der Waals surface area contributed by atoms with Crippen LogP contribution in [-0.2, 0) is 0 Å². The van der Waals surface area contributed by atoms with E-state index in [0.29, 0.717) is 5.92 Å². The summed E-state index contributed by atoms with van der Waals surface area (Å²) in [5.41, 5.74) is 1.95. The first-order valence-corrected chi connectivity index (χ1v) is 3.89. The second kappa shape index (κ2) is 4.36. The van der Waals surface area contributed by atoms with Crippen molar-refractivity contribution in [1.29, 1.82) is 0 Å². The number of halogens is 1. The molecule has 1 aromatic rings. The van der Waals surface area contributed by atoms with Crippen molar-refractivity contribution >= 4 is 0 Å². The minimum Gasteiger partial charge on any atom is -1.00 e. The Balaban J connectivity index is 0.00000121. The van der Waals surface area contributed by atoms with E-state index >= 15 is 0 Å². The molecule has 0 atom stereocenters. The molecule has 0 unspecified atom stereocenters. The van der Waals surface area contributed by atoms with E-state index in [4.69, 9.17) is 0 Å². The minimum absolute atomic E-state index is 0. The van der Waals surface area contributed by atoms with Crippen molar-refractivity contribution in [2.45, 2.75) is 26.7 Å². The van der Waals surface area contributed by atoms with Gasteiger partial charge in [0.15, 0.2) is 0 Å². The summed E-state index contributed by atoms with van der Waals surface area (Å²) in [5, 5.41) is 11.3. The molecule has 0 bridgehead atoms. The van der Waals surface area contributed by atoms with Crippen molar-refractivity contribution in [1.82, 2.24) is 0 Å². The molecular formula is C10H13ClO-2. The number of benzene rings is 1. The van der Waals surface area contributed by atoms with E-state index in [1.165, 1.54) is 0 Å². The number of rotatable bonds is 1. The van der Waals surface area contributed by atoms with Crippen LogP contribution in [0.3, 0.4) is 0 Å². The standard InChI is InChI=1S/C10H14O.ClH/c1-7(2)9-5-4-8(3)6-10(9)11;/h4-7,11H,1-3H3;1H/p-2. The predicted octanol–water partition coefficient (Wildman–Crippen LogP) is -0.804. The quantitative estimate of drug-likeness (QED) is 0.561. The van der Waals surface area contributed by atoms with Crippen molar-refractivity contribution in [2.24, 2.45) is 0 Å². The van der Waals surface area contributed by atoms with Crippen LogP contribution in [0.4, 0.5) is 0 Å². The van der Waals surface area contributed by atoms with E-state index in [9.17, 15) is 5.11 Å². The van der Waals surface area contributed by atoms with Crippen molar-refractivity contribution < 1.29 is 17.5 Å². The van der Waals surface area contributed by atoms with Crippen LogP contribution in [0.5, 0.6) is 5.75 Å². The third-order valence-corrected chi connectivity index (χ3v) is 1.79. The lowest BCUT2D eigenvalue weighted by atomic mass is 10.0. The molecule has 1 nitrogen and oxygen atoms in total. The maximum atomic E-state index is 11.3. The van der Waals surface area contributed by atoms with Crippen LogP contribution in [0, 0.1) is 6.92 Å². The molecule has 0 amide bonds. The zero-order chi connectivity index (χ0) is 8.43. The van der Waals surface area contributed by atoms with E-state index in [2.05, 4.69) is 0 Å². The Hall–Kier alpha value is -0.690. The maximum absolute atomic E-state index is 11.3. The first-order valence-electron chi connectivity index (χ1n) is 3.89. The van der Waals surface area contributed by atoms with Gasteiger partial charge in [-0.15, -0.1) is 5.75 Å². The highest BCUT2D eigenvalue weighted by atomic mass is 35.5. The first kappa shape index (κ1) is 11.3. The highest BCUT2D eigenvalue weighted by Crippen LogP contribution is 2.23. The first-order chi connectivity index (χ1) is 5.11. The van der Waals surface area contributed by atoms with Crippen molar-refractivity contribution in [3.63, 3.8) is 0 Å². The van der Waals surface area contributed by atoms with E-state index < -0.39 is 0 Å². The van der Waals surface area contributed by atoms with Crippen LogP contribution < -0.4 is 17.5 Å². The van der Waals surface area contributed by atoms with Crippen LogP contribution in [-0.4, -0.2) is 0 Å². The zero-order valence-electron chi connectivity index (χ0n) is 7.60. The predicted molar refractivity (Wildman–Crippen MR) is 44.7 cm³/mol. The Bertz CT molecular complexity index is 256. The Morgan fingerprint density at radius 3 is 2.25 bits per heavy atom. The Morgan fingerprint density at radius 1 is 1.25 bits per heavy atom. The minimum atomic E-state index is 0. The van der Waals surface area contributed by atoms with Gasteiger partial charge in [-0.3, -0.25) is 0 Å². The van der Waals surface area contributed by atoms with E-state index in [1.807, 2.05) is 32.9 Å². The van der Waals surface area contributed by atoms with Crippen LogP contribution in [0.1, 0.15) is 30.9 Å². The lowest BCUT2D eigenvalue weighted by molar-refractivity contribution is -0.269. The fraction of sp³-hybridized carbons (Fsp3) is 0.400. The molecule has 0 radical (unpaired) electrons. The molecular weight excluding hydrogens is 172 g/mol. The highest BCUT2D eigenvalue weighted by Gasteiger charge is 1.98. The zero-order valence-corrected chi connectivity index (χ0v) is 8.35. The molecule has 0 saturated carbocycles. The smallest absolute Gasteiger partial charge is 0.0225 e. The monoisotopic (exact) mass is 184 g/mol. The summed E-state index contributed by atoms with van der Waals surface area (Å²) in [6.07, 6.45) is 0. The van der Waals surface area contributed by atoms with Gasteiger partial charge in [-0.25, -0.2) is 0 Å². The summed E-state index contributed by atoms with van der Waals surface area (Å²) in [4.78, 5) is 0. The highest BCUT2D eigenvalue weighted by molar-refractivity contribution is 5.36. The molecule has 68 valence electrons. The molecule has 0 heterocycles. The van der Waals surface area contributed by atoms with Crippen molar-refractivity contribution in [3.05, 3.63) is 29.3 Å². The lowest BCUT2D eigenvalue weighted by Gasteiger charge is -2.16. The molecule has 0 aliphatic carbocycles. The van der Waals surface area contributed by atoms with E-state index in [0.717, 1.165) is 11.1 Å². The van der Waals surface area contributed by atoms with Gasteiger partial charge in [0.05, 0.1) is 0 Å². The van der Waals surface area contributed by atoms with Gasteiger partial charge in [0, 0.05) is 0 Å². The van der Waals surface area contributed by atoms with Crippen LogP contribution in [0.15, 0.2) is 18.2 Å². The molecule has 0 aromatic heterocycles. The van der Waals surface area contributed by atoms with Gasteiger partial charge in [0.25, 0.3) is 0 Å². The molecule has 0 aliphatic heterocycles. The molecule has 12 heavy (non-hydrogen) atoms. The summed E-state index contributed by atoms with van der Waals surface area (Å²) in [7, 11) is 0. The van der Waals surface area contributed by atoms with Gasteiger partial charge < -0.3 is 17.5 Å². The van der Waals surface area contributed by atoms with Gasteiger partial charge in [-0.2, -0.15) is 0 Å². The third kappa shape index (κ3) is 2.42. The van der Waals surface area contributed by atoms with Crippen molar-refractivity contribution in [2.75, 3.05) is 0 Å². The molecule has 1 rings (SSSR count). The molecule has 0 fully saturated rings. The van der Waals surface area contributed by atoms with Crippen molar-refractivity contribution in [3.8, 4) is 5.75 Å². The fourth-order valence-corrected chi connectivity index (χ4v) is 1.12. The second-order valence-electron chi connectivity index (χ2n) is 3.20. The van der Waals surface area contributed by atoms with Gasteiger partial charge >= 0.3 is 0 Å². The summed E-state index contributed by atoms with van der Waals surface area (Å²) in [5.74, 6) is 0.503. The fourth-order valence-electron chi connectivity index (χ4n) is 1.12. The summed E-state index contributed by atoms with van der Waals surface area (Å²) < 4.78 is 0. The second-order valence-corrected chi connectivity index (χ2v) is 3.20. The number of hydrogen-bond donors (Lipinski definition) is 0. The molecule has 0 saturated heterocycles. The average molecular weight is 185 g/mol. The number of hydrogen-bond acceptors (Lipinski definition) is 1.